The second-order valence-electron chi connectivity index (χ2n) is 8.20. The van der Waals surface area contributed by atoms with Crippen LogP contribution < -0.4 is 19.5 Å². The van der Waals surface area contributed by atoms with Gasteiger partial charge in [0.1, 0.15) is 23.9 Å². The second-order valence-corrected chi connectivity index (χ2v) is 8.20. The summed E-state index contributed by atoms with van der Waals surface area (Å²) in [5, 5.41) is 5.29. The van der Waals surface area contributed by atoms with Crippen LogP contribution in [-0.2, 0) is 11.3 Å². The van der Waals surface area contributed by atoms with Gasteiger partial charge in [-0.2, -0.15) is 0 Å². The number of hydrogen-bond donors (Lipinski definition) is 1. The Labute approximate surface area is 189 Å². The summed E-state index contributed by atoms with van der Waals surface area (Å²) in [6, 6.07) is 19.8. The van der Waals surface area contributed by atoms with Gasteiger partial charge in [0.25, 0.3) is 0 Å². The molecule has 6 heteroatoms. The van der Waals surface area contributed by atoms with Crippen LogP contribution in [0.5, 0.6) is 17.2 Å². The van der Waals surface area contributed by atoms with E-state index in [4.69, 9.17) is 14.2 Å². The number of fused-ring (bicyclic) bond motifs is 1. The monoisotopic (exact) mass is 434 g/mol. The molecule has 1 aliphatic heterocycles. The van der Waals surface area contributed by atoms with E-state index in [0.29, 0.717) is 13.2 Å². The number of rotatable bonds is 9. The van der Waals surface area contributed by atoms with Crippen molar-refractivity contribution >= 4 is 16.7 Å². The maximum atomic E-state index is 13.0. The minimum atomic E-state index is -0.513. The molecule has 1 saturated heterocycles. The molecule has 1 aliphatic rings. The summed E-state index contributed by atoms with van der Waals surface area (Å²) in [7, 11) is 3.32. The summed E-state index contributed by atoms with van der Waals surface area (Å²) in [5.41, 5.74) is 0.684. The smallest absolute Gasteiger partial charge is 0.240 e. The number of amides is 1. The van der Waals surface area contributed by atoms with Gasteiger partial charge < -0.3 is 19.5 Å². The molecule has 6 nitrogen and oxygen atoms in total. The number of hydrogen-bond acceptors (Lipinski definition) is 5. The molecule has 3 aromatic carbocycles. The third kappa shape index (κ3) is 4.36. The second kappa shape index (κ2) is 9.49. The molecule has 0 spiro atoms. The van der Waals surface area contributed by atoms with Crippen LogP contribution in [0, 0.1) is 0 Å². The Kier molecular flexibility index (Phi) is 6.51. The van der Waals surface area contributed by atoms with Crippen molar-refractivity contribution in [3.05, 3.63) is 66.2 Å². The van der Waals surface area contributed by atoms with Crippen molar-refractivity contribution in [2.24, 2.45) is 0 Å². The van der Waals surface area contributed by atoms with Crippen molar-refractivity contribution < 1.29 is 19.0 Å². The summed E-state index contributed by atoms with van der Waals surface area (Å²) in [4.78, 5) is 15.2. The van der Waals surface area contributed by atoms with Gasteiger partial charge in [0.2, 0.25) is 5.91 Å². The topological polar surface area (TPSA) is 60.0 Å². The van der Waals surface area contributed by atoms with Crippen molar-refractivity contribution in [1.29, 1.82) is 0 Å². The molecule has 0 saturated carbocycles. The lowest BCUT2D eigenvalue weighted by Gasteiger charge is -2.49. The molecular weight excluding hydrogens is 404 g/mol. The fourth-order valence-electron chi connectivity index (χ4n) is 4.17. The average Bonchev–Trinajstić information content (AvgIpc) is 2.84. The minimum absolute atomic E-state index is 0.0416. The lowest BCUT2D eigenvalue weighted by Crippen LogP contribution is -2.65. The molecule has 3 aromatic rings. The number of nitrogens with one attached hydrogen (secondary N) is 1. The van der Waals surface area contributed by atoms with E-state index in [2.05, 4.69) is 28.4 Å². The van der Waals surface area contributed by atoms with Gasteiger partial charge in [0.05, 0.1) is 26.3 Å². The van der Waals surface area contributed by atoms with Crippen molar-refractivity contribution in [3.63, 3.8) is 0 Å². The first-order valence-electron chi connectivity index (χ1n) is 10.9. The SMILES string of the molecule is COc1ccc(OCCNC(=O)C2(C)CCN2Cc2ccc(OC)c3ccccc23)cc1. The van der Waals surface area contributed by atoms with E-state index in [1.165, 1.54) is 5.56 Å². The van der Waals surface area contributed by atoms with E-state index in [-0.39, 0.29) is 5.91 Å². The largest absolute Gasteiger partial charge is 0.497 e. The number of benzene rings is 3. The Balaban J connectivity index is 1.34. The predicted octanol–water partition coefficient (Wildman–Crippen LogP) is 4.02. The third-order valence-corrected chi connectivity index (χ3v) is 6.33. The zero-order valence-electron chi connectivity index (χ0n) is 18.9. The first kappa shape index (κ1) is 22.0. The molecule has 1 heterocycles. The molecule has 168 valence electrons. The van der Waals surface area contributed by atoms with Crippen LogP contribution in [0.4, 0.5) is 0 Å². The van der Waals surface area contributed by atoms with Crippen LogP contribution in [-0.4, -0.2) is 50.3 Å². The molecule has 0 bridgehead atoms. The number of likely N-dealkylation sites (tertiary alicyclic amines) is 1. The maximum Gasteiger partial charge on any atom is 0.240 e. The highest BCUT2D eigenvalue weighted by Gasteiger charge is 2.46. The van der Waals surface area contributed by atoms with Crippen LogP contribution in [0.15, 0.2) is 60.7 Å². The van der Waals surface area contributed by atoms with E-state index in [1.807, 2.05) is 49.4 Å². The third-order valence-electron chi connectivity index (χ3n) is 6.33. The molecular formula is C26H30N2O4. The zero-order chi connectivity index (χ0) is 22.6. The van der Waals surface area contributed by atoms with Crippen LogP contribution in [0.25, 0.3) is 10.8 Å². The minimum Gasteiger partial charge on any atom is -0.497 e. The van der Waals surface area contributed by atoms with Gasteiger partial charge in [-0.05, 0) is 54.6 Å². The average molecular weight is 435 g/mol. The van der Waals surface area contributed by atoms with Crippen LogP contribution in [0.3, 0.4) is 0 Å². The van der Waals surface area contributed by atoms with Crippen LogP contribution in [0.2, 0.25) is 0 Å². The Bertz CT molecular complexity index is 1080. The van der Waals surface area contributed by atoms with Gasteiger partial charge in [0.15, 0.2) is 0 Å². The summed E-state index contributed by atoms with van der Waals surface area (Å²) < 4.78 is 16.4. The van der Waals surface area contributed by atoms with E-state index in [9.17, 15) is 4.79 Å². The van der Waals surface area contributed by atoms with E-state index >= 15 is 0 Å². The molecule has 1 N–H and O–H groups in total. The highest BCUT2D eigenvalue weighted by Crippen LogP contribution is 2.35. The molecule has 0 aliphatic carbocycles. The molecule has 4 rings (SSSR count). The van der Waals surface area contributed by atoms with Gasteiger partial charge in [-0.15, -0.1) is 0 Å². The highest BCUT2D eigenvalue weighted by molar-refractivity contribution is 5.91. The van der Waals surface area contributed by atoms with Gasteiger partial charge in [-0.1, -0.05) is 30.3 Å². The molecule has 1 fully saturated rings. The maximum absolute atomic E-state index is 13.0. The summed E-state index contributed by atoms with van der Waals surface area (Å²) in [6.07, 6.45) is 0.840. The molecule has 0 aromatic heterocycles. The van der Waals surface area contributed by atoms with Crippen LogP contribution >= 0.6 is 0 Å². The Morgan fingerprint density at radius 3 is 2.34 bits per heavy atom. The number of carbonyl (C=O) groups is 1. The lowest BCUT2D eigenvalue weighted by atomic mass is 9.84. The number of nitrogens with zero attached hydrogens (tertiary/aromatic N) is 1. The summed E-state index contributed by atoms with van der Waals surface area (Å²) in [6.45, 7) is 4.50. The number of methoxy groups -OCH3 is 2. The van der Waals surface area contributed by atoms with E-state index < -0.39 is 5.54 Å². The van der Waals surface area contributed by atoms with Gasteiger partial charge in [0, 0.05) is 18.5 Å². The van der Waals surface area contributed by atoms with Gasteiger partial charge in [-0.25, -0.2) is 0 Å². The summed E-state index contributed by atoms with van der Waals surface area (Å²) in [5.74, 6) is 2.45. The van der Waals surface area contributed by atoms with Crippen molar-refractivity contribution in [3.8, 4) is 17.2 Å². The van der Waals surface area contributed by atoms with Crippen molar-refractivity contribution in [1.82, 2.24) is 10.2 Å². The number of carbonyl (C=O) groups excluding carboxylic acids is 1. The standard InChI is InChI=1S/C26H30N2O4/c1-26(25(29)27-15-17-32-21-11-9-20(30-2)10-12-21)14-16-28(26)18-19-8-13-24(31-3)23-7-5-4-6-22(19)23/h4-13H,14-18H2,1-3H3,(H,27,29). The fourth-order valence-corrected chi connectivity index (χ4v) is 4.17. The van der Waals surface area contributed by atoms with Crippen molar-refractivity contribution in [2.45, 2.75) is 25.4 Å². The lowest BCUT2D eigenvalue weighted by molar-refractivity contribution is -0.142. The summed E-state index contributed by atoms with van der Waals surface area (Å²) >= 11 is 0. The zero-order valence-corrected chi connectivity index (χ0v) is 18.9. The molecule has 1 unspecified atom stereocenters. The Hall–Kier alpha value is -3.25. The normalized spacial score (nSPS) is 18.1. The van der Waals surface area contributed by atoms with Gasteiger partial charge in [-0.3, -0.25) is 9.69 Å². The molecule has 32 heavy (non-hydrogen) atoms. The predicted molar refractivity (Wildman–Crippen MR) is 125 cm³/mol. The highest BCUT2D eigenvalue weighted by atomic mass is 16.5. The van der Waals surface area contributed by atoms with E-state index in [1.54, 1.807) is 14.2 Å². The first-order valence-corrected chi connectivity index (χ1v) is 10.9. The number of ether oxygens (including phenoxy) is 3. The molecule has 1 atom stereocenters. The molecule has 1 amide bonds. The quantitative estimate of drug-likeness (QED) is 0.516. The fraction of sp³-hybridized carbons (Fsp3) is 0.346. The first-order chi connectivity index (χ1) is 15.5. The van der Waals surface area contributed by atoms with Crippen molar-refractivity contribution in [2.75, 3.05) is 33.9 Å². The van der Waals surface area contributed by atoms with Crippen LogP contribution in [0.1, 0.15) is 18.9 Å². The molecule has 0 radical (unpaired) electrons. The van der Waals surface area contributed by atoms with E-state index in [0.717, 1.165) is 47.5 Å². The Morgan fingerprint density at radius 2 is 1.69 bits per heavy atom. The van der Waals surface area contributed by atoms with Gasteiger partial charge >= 0.3 is 0 Å². The Morgan fingerprint density at radius 1 is 0.969 bits per heavy atom.